The number of hydrogen-bond acceptors (Lipinski definition) is 10. The number of nitrogens with zero attached hydrogens (tertiary/aromatic N) is 2. The summed E-state index contributed by atoms with van der Waals surface area (Å²) >= 11 is 2.31. The summed E-state index contributed by atoms with van der Waals surface area (Å²) in [5.41, 5.74) is -2.01. The van der Waals surface area contributed by atoms with Crippen molar-refractivity contribution in [3.05, 3.63) is 33.7 Å². The van der Waals surface area contributed by atoms with Crippen LogP contribution in [0, 0.1) is 11.3 Å². The maximum Gasteiger partial charge on any atom is 0.352 e. The Morgan fingerprint density at radius 2 is 2.14 bits per heavy atom. The molecule has 3 atom stereocenters. The molecule has 186 valence electrons. The summed E-state index contributed by atoms with van der Waals surface area (Å²) in [5.74, 6) is -3.50. The number of rotatable bonds is 9. The van der Waals surface area contributed by atoms with E-state index in [1.54, 1.807) is 23.6 Å². The van der Waals surface area contributed by atoms with Gasteiger partial charge >= 0.3 is 18.0 Å². The zero-order valence-electron chi connectivity index (χ0n) is 18.5. The van der Waals surface area contributed by atoms with E-state index >= 15 is 0 Å². The van der Waals surface area contributed by atoms with Crippen molar-refractivity contribution >= 4 is 52.9 Å². The van der Waals surface area contributed by atoms with Gasteiger partial charge < -0.3 is 30.5 Å². The SMILES string of the molecule is CO[C@@]1(NC(=O)C(NC(=O)NCC#N)c2cccs2)C(=O)N2C(C(=O)O)=C(COC(C)=O)CSC21. The molecule has 3 rings (SSSR count). The molecule has 4 N–H and O–H groups in total. The van der Waals surface area contributed by atoms with Crippen LogP contribution in [0.3, 0.4) is 0 Å². The molecule has 3 heterocycles. The fourth-order valence-electron chi connectivity index (χ4n) is 3.52. The highest BCUT2D eigenvalue weighted by atomic mass is 32.2. The van der Waals surface area contributed by atoms with Gasteiger partial charge in [-0.05, 0) is 11.4 Å². The average molecular weight is 524 g/mol. The fraction of sp³-hybridized carbons (Fsp3) is 0.400. The largest absolute Gasteiger partial charge is 0.477 e. The number of nitrogens with one attached hydrogen (secondary N) is 3. The zero-order chi connectivity index (χ0) is 25.8. The first-order valence-electron chi connectivity index (χ1n) is 10.0. The van der Waals surface area contributed by atoms with Gasteiger partial charge in [0.1, 0.15) is 30.3 Å². The molecule has 0 saturated carbocycles. The summed E-state index contributed by atoms with van der Waals surface area (Å²) in [6.07, 6.45) is 0. The molecule has 35 heavy (non-hydrogen) atoms. The van der Waals surface area contributed by atoms with Crippen LogP contribution < -0.4 is 16.0 Å². The quantitative estimate of drug-likeness (QED) is 0.147. The molecule has 1 aromatic rings. The normalized spacial score (nSPS) is 21.7. The molecule has 13 nitrogen and oxygen atoms in total. The number of carbonyl (C=O) groups is 5. The lowest BCUT2D eigenvalue weighted by atomic mass is 9.97. The molecule has 1 aromatic heterocycles. The van der Waals surface area contributed by atoms with Crippen LogP contribution in [0.5, 0.6) is 0 Å². The van der Waals surface area contributed by atoms with E-state index in [2.05, 4.69) is 16.0 Å². The third-order valence-electron chi connectivity index (χ3n) is 5.09. The van der Waals surface area contributed by atoms with Gasteiger partial charge in [-0.2, -0.15) is 5.26 Å². The lowest BCUT2D eigenvalue weighted by Crippen LogP contribution is -2.81. The molecule has 1 fully saturated rings. The highest BCUT2D eigenvalue weighted by Crippen LogP contribution is 2.46. The van der Waals surface area contributed by atoms with Crippen LogP contribution in [0.25, 0.3) is 0 Å². The number of esters is 1. The van der Waals surface area contributed by atoms with Crippen molar-refractivity contribution in [2.24, 2.45) is 0 Å². The molecule has 0 aliphatic carbocycles. The van der Waals surface area contributed by atoms with E-state index in [4.69, 9.17) is 14.7 Å². The van der Waals surface area contributed by atoms with Crippen molar-refractivity contribution in [2.45, 2.75) is 24.1 Å². The Balaban J connectivity index is 1.85. The van der Waals surface area contributed by atoms with Gasteiger partial charge in [-0.25, -0.2) is 9.59 Å². The van der Waals surface area contributed by atoms with E-state index in [1.807, 2.05) is 0 Å². The second-order valence-electron chi connectivity index (χ2n) is 7.24. The Kier molecular flexibility index (Phi) is 7.99. The zero-order valence-corrected chi connectivity index (χ0v) is 20.2. The number of amides is 4. The van der Waals surface area contributed by atoms with E-state index in [1.165, 1.54) is 25.4 Å². The number of thiophene rings is 1. The van der Waals surface area contributed by atoms with Gasteiger partial charge in [0.15, 0.2) is 0 Å². The number of urea groups is 1. The molecule has 0 bridgehead atoms. The maximum atomic E-state index is 13.2. The molecule has 2 unspecified atom stereocenters. The third kappa shape index (κ3) is 5.09. The first kappa shape index (κ1) is 26.0. The van der Waals surface area contributed by atoms with Crippen LogP contribution in [0.15, 0.2) is 28.8 Å². The van der Waals surface area contributed by atoms with Crippen LogP contribution in [0.2, 0.25) is 0 Å². The van der Waals surface area contributed by atoms with Gasteiger partial charge in [0.05, 0.1) is 6.07 Å². The van der Waals surface area contributed by atoms with Crippen molar-refractivity contribution in [3.8, 4) is 6.07 Å². The van der Waals surface area contributed by atoms with E-state index in [0.717, 1.165) is 16.7 Å². The molecule has 2 aliphatic rings. The topological polar surface area (TPSA) is 187 Å². The molecule has 2 aliphatic heterocycles. The van der Waals surface area contributed by atoms with E-state index in [0.29, 0.717) is 4.88 Å². The molecule has 1 saturated heterocycles. The van der Waals surface area contributed by atoms with Gasteiger partial charge in [-0.1, -0.05) is 6.07 Å². The molecule has 0 spiro atoms. The minimum absolute atomic E-state index is 0.105. The standard InChI is InChI=1S/C20H21N5O8S2/c1-10(26)33-8-11-9-35-18-20(32-2,17(30)25(18)14(11)16(28)29)24-15(27)13(12-4-3-7-34-12)23-19(31)22-6-5-21/h3-4,7,13,18H,6,8-9H2,1-2H3,(H,24,27)(H,28,29)(H2,22,23,31)/t13?,18?,20-/m0/s1. The maximum absolute atomic E-state index is 13.2. The summed E-state index contributed by atoms with van der Waals surface area (Å²) < 4.78 is 10.3. The molecule has 0 radical (unpaired) electrons. The van der Waals surface area contributed by atoms with Gasteiger partial charge in [-0.15, -0.1) is 23.1 Å². The van der Waals surface area contributed by atoms with E-state index in [9.17, 15) is 29.1 Å². The number of methoxy groups -OCH3 is 1. The number of carboxylic acid groups (broad SMARTS) is 1. The van der Waals surface area contributed by atoms with Gasteiger partial charge in [0.25, 0.3) is 17.5 Å². The van der Waals surface area contributed by atoms with Gasteiger partial charge in [0.2, 0.25) is 0 Å². The van der Waals surface area contributed by atoms with Crippen LogP contribution in [-0.2, 0) is 28.7 Å². The van der Waals surface area contributed by atoms with Crippen molar-refractivity contribution in [2.75, 3.05) is 26.0 Å². The predicted molar refractivity (Wildman–Crippen MR) is 121 cm³/mol. The first-order valence-corrected chi connectivity index (χ1v) is 11.9. The first-order chi connectivity index (χ1) is 16.7. The van der Waals surface area contributed by atoms with Crippen LogP contribution in [0.1, 0.15) is 17.8 Å². The highest BCUT2D eigenvalue weighted by Gasteiger charge is 2.67. The number of carboxylic acids is 1. The minimum Gasteiger partial charge on any atom is -0.477 e. The fourth-order valence-corrected chi connectivity index (χ4v) is 5.72. The summed E-state index contributed by atoms with van der Waals surface area (Å²) in [5, 5.41) is 26.4. The van der Waals surface area contributed by atoms with E-state index in [-0.39, 0.29) is 30.2 Å². The number of aliphatic carboxylic acids is 1. The molecule has 0 aromatic carbocycles. The van der Waals surface area contributed by atoms with Crippen LogP contribution in [0.4, 0.5) is 4.79 Å². The number of hydrogen-bond donors (Lipinski definition) is 4. The number of β-lactam (4-membered cyclic amide) rings is 1. The summed E-state index contributed by atoms with van der Waals surface area (Å²) in [6.45, 7) is 0.604. The van der Waals surface area contributed by atoms with E-state index < -0.39 is 46.9 Å². The smallest absolute Gasteiger partial charge is 0.352 e. The monoisotopic (exact) mass is 523 g/mol. The second kappa shape index (κ2) is 10.8. The average Bonchev–Trinajstić information content (AvgIpc) is 3.36. The second-order valence-corrected chi connectivity index (χ2v) is 9.29. The van der Waals surface area contributed by atoms with Crippen molar-refractivity contribution in [1.82, 2.24) is 20.9 Å². The van der Waals surface area contributed by atoms with Crippen LogP contribution >= 0.6 is 23.1 Å². The Hall–Kier alpha value is -3.61. The number of thioether (sulfide) groups is 1. The predicted octanol–water partition coefficient (Wildman–Crippen LogP) is -0.112. The lowest BCUT2D eigenvalue weighted by Gasteiger charge is -2.55. The highest BCUT2D eigenvalue weighted by molar-refractivity contribution is 8.00. The Labute approximate surface area is 207 Å². The van der Waals surface area contributed by atoms with Gasteiger partial charge in [-0.3, -0.25) is 19.3 Å². The number of ether oxygens (including phenoxy) is 2. The van der Waals surface area contributed by atoms with Crippen molar-refractivity contribution in [3.63, 3.8) is 0 Å². The summed E-state index contributed by atoms with van der Waals surface area (Å²) in [7, 11) is 1.20. The summed E-state index contributed by atoms with van der Waals surface area (Å²) in [4.78, 5) is 63.1. The van der Waals surface area contributed by atoms with Crippen molar-refractivity contribution in [1.29, 1.82) is 5.26 Å². The Morgan fingerprint density at radius 1 is 1.40 bits per heavy atom. The number of carbonyl (C=O) groups excluding carboxylic acids is 4. The molecule has 15 heteroatoms. The molecular formula is C20H21N5O8S2. The minimum atomic E-state index is -1.89. The van der Waals surface area contributed by atoms with Crippen LogP contribution in [-0.4, -0.2) is 76.9 Å². The third-order valence-corrected chi connectivity index (χ3v) is 7.40. The lowest BCUT2D eigenvalue weighted by molar-refractivity contribution is -0.193. The summed E-state index contributed by atoms with van der Waals surface area (Å²) in [6, 6.07) is 3.03. The Morgan fingerprint density at radius 3 is 2.71 bits per heavy atom. The molecule has 4 amide bonds. The van der Waals surface area contributed by atoms with Gasteiger partial charge in [0, 0.05) is 30.2 Å². The Bertz CT molecular complexity index is 1120. The molecular weight excluding hydrogens is 502 g/mol. The number of fused-ring (bicyclic) bond motifs is 1. The van der Waals surface area contributed by atoms with Crippen molar-refractivity contribution < 1.29 is 38.6 Å². The number of nitriles is 1.